The van der Waals surface area contributed by atoms with E-state index in [0.717, 1.165) is 11.9 Å². The molecule has 0 aliphatic carbocycles. The lowest BCUT2D eigenvalue weighted by molar-refractivity contribution is -0.129. The van der Waals surface area contributed by atoms with Gasteiger partial charge in [0.1, 0.15) is 11.9 Å². The summed E-state index contributed by atoms with van der Waals surface area (Å²) in [4.78, 5) is 0. The van der Waals surface area contributed by atoms with E-state index in [9.17, 15) is 0 Å². The zero-order chi connectivity index (χ0) is 24.1. The summed E-state index contributed by atoms with van der Waals surface area (Å²) in [5.41, 5.74) is 0. The van der Waals surface area contributed by atoms with E-state index in [1.54, 1.807) is 0 Å². The van der Waals surface area contributed by atoms with Crippen molar-refractivity contribution < 1.29 is 9.47 Å². The van der Waals surface area contributed by atoms with Gasteiger partial charge in [-0.2, -0.15) is 0 Å². The highest BCUT2D eigenvalue weighted by molar-refractivity contribution is 7.75. The molecule has 1 aliphatic heterocycles. The third-order valence-corrected chi connectivity index (χ3v) is 10.7. The summed E-state index contributed by atoms with van der Waals surface area (Å²) >= 11 is 0. The summed E-state index contributed by atoms with van der Waals surface area (Å²) in [5, 5.41) is 5.33. The molecule has 4 aromatic carbocycles. The van der Waals surface area contributed by atoms with Gasteiger partial charge in [-0.25, -0.2) is 0 Å². The fourth-order valence-electron chi connectivity index (χ4n) is 4.36. The number of benzene rings is 4. The van der Waals surface area contributed by atoms with Crippen LogP contribution in [-0.2, 0) is 9.47 Å². The van der Waals surface area contributed by atoms with E-state index < -0.39 is 21.6 Å². The molecular weight excluding hydrogens is 466 g/mol. The van der Waals surface area contributed by atoms with Gasteiger partial charge in [-0.3, -0.25) is 0 Å². The summed E-state index contributed by atoms with van der Waals surface area (Å²) in [6.07, 6.45) is 0.778. The van der Waals surface area contributed by atoms with E-state index in [4.69, 9.17) is 9.47 Å². The second-order valence-electron chi connectivity index (χ2n) is 8.96. The van der Waals surface area contributed by atoms with Gasteiger partial charge in [0.05, 0.1) is 0 Å². The molecule has 1 aliphatic rings. The predicted molar refractivity (Wildman–Crippen MR) is 151 cm³/mol. The smallest absolute Gasteiger partial charge is 0.205 e. The maximum Gasteiger partial charge on any atom is 0.205 e. The molecule has 0 radical (unpaired) electrons. The number of ether oxygens (including phenoxy) is 2. The van der Waals surface area contributed by atoms with Gasteiger partial charge in [0.2, 0.25) is 5.79 Å². The third kappa shape index (κ3) is 5.91. The van der Waals surface area contributed by atoms with Crippen LogP contribution < -0.4 is 21.2 Å². The summed E-state index contributed by atoms with van der Waals surface area (Å²) < 4.78 is 13.0. The van der Waals surface area contributed by atoms with Crippen LogP contribution in [0.5, 0.6) is 0 Å². The lowest BCUT2D eigenvalue weighted by Gasteiger charge is -2.23. The first-order valence-corrected chi connectivity index (χ1v) is 14.9. The average molecular weight is 497 g/mol. The Hall–Kier alpha value is -2.76. The van der Waals surface area contributed by atoms with Crippen molar-refractivity contribution in [3.05, 3.63) is 133 Å². The molecular formula is C31H30O2P2. The molecule has 1 heterocycles. The molecule has 1 fully saturated rings. The van der Waals surface area contributed by atoms with E-state index in [2.05, 4.69) is 127 Å². The van der Waals surface area contributed by atoms with Gasteiger partial charge < -0.3 is 9.47 Å². The molecule has 5 rings (SSSR count). The SMILES string of the molecule is CC1(C)O/C(=C/P(c2ccccc2)c2ccccc2)[C@@H](CP(c2ccccc2)c2ccccc2)O1. The minimum absolute atomic E-state index is 0.103. The van der Waals surface area contributed by atoms with Crippen LogP contribution in [0.4, 0.5) is 0 Å². The van der Waals surface area contributed by atoms with Crippen molar-refractivity contribution in [2.45, 2.75) is 25.7 Å². The van der Waals surface area contributed by atoms with E-state index >= 15 is 0 Å². The van der Waals surface area contributed by atoms with Crippen LogP contribution in [0.1, 0.15) is 13.8 Å². The topological polar surface area (TPSA) is 18.5 Å². The Kier molecular flexibility index (Phi) is 7.45. The second kappa shape index (κ2) is 10.9. The highest BCUT2D eigenvalue weighted by Crippen LogP contribution is 2.45. The minimum Gasteiger partial charge on any atom is -0.464 e. The van der Waals surface area contributed by atoms with Gasteiger partial charge >= 0.3 is 0 Å². The molecule has 0 spiro atoms. The maximum absolute atomic E-state index is 6.54. The van der Waals surface area contributed by atoms with Crippen LogP contribution in [0.25, 0.3) is 0 Å². The van der Waals surface area contributed by atoms with Gasteiger partial charge in [-0.15, -0.1) is 0 Å². The summed E-state index contributed by atoms with van der Waals surface area (Å²) in [6, 6.07) is 43.1. The standard InChI is InChI=1S/C31H30O2P2/c1-31(2)32-29(23-34(25-15-7-3-8-16-25)26-17-9-4-10-18-26)30(33-31)24-35(27-19-11-5-12-20-27)28-21-13-6-14-22-28/h3-23,30H,24H2,1-2H3/b29-23+/t30-/m1/s1. The first kappa shape index (κ1) is 24.0. The molecule has 4 heteroatoms. The molecule has 0 amide bonds. The molecule has 0 bridgehead atoms. The largest absolute Gasteiger partial charge is 0.464 e. The molecule has 0 N–H and O–H groups in total. The van der Waals surface area contributed by atoms with Crippen molar-refractivity contribution in [3.63, 3.8) is 0 Å². The highest BCUT2D eigenvalue weighted by atomic mass is 31.1. The van der Waals surface area contributed by atoms with Gasteiger partial charge in [-0.1, -0.05) is 121 Å². The minimum atomic E-state index is -0.723. The van der Waals surface area contributed by atoms with Crippen molar-refractivity contribution in [2.75, 3.05) is 6.16 Å². The molecule has 176 valence electrons. The maximum atomic E-state index is 6.54. The highest BCUT2D eigenvalue weighted by Gasteiger charge is 2.40. The van der Waals surface area contributed by atoms with Gasteiger partial charge in [0.25, 0.3) is 0 Å². The molecule has 0 unspecified atom stereocenters. The quantitative estimate of drug-likeness (QED) is 0.282. The van der Waals surface area contributed by atoms with Crippen molar-refractivity contribution in [3.8, 4) is 0 Å². The third-order valence-electron chi connectivity index (χ3n) is 5.92. The average Bonchev–Trinajstić information content (AvgIpc) is 3.20. The number of hydrogen-bond acceptors (Lipinski definition) is 2. The van der Waals surface area contributed by atoms with Crippen LogP contribution >= 0.6 is 15.8 Å². The van der Waals surface area contributed by atoms with E-state index in [0.29, 0.717) is 0 Å². The predicted octanol–water partition coefficient (Wildman–Crippen LogP) is 6.25. The number of hydrogen-bond donors (Lipinski definition) is 0. The molecule has 0 saturated carbocycles. The Labute approximate surface area is 211 Å². The zero-order valence-electron chi connectivity index (χ0n) is 20.1. The van der Waals surface area contributed by atoms with Crippen LogP contribution in [0.15, 0.2) is 133 Å². The Morgan fingerprint density at radius 2 is 1.03 bits per heavy atom. The fourth-order valence-corrected chi connectivity index (χ4v) is 8.78. The molecule has 35 heavy (non-hydrogen) atoms. The van der Waals surface area contributed by atoms with Gasteiger partial charge in [0.15, 0.2) is 0 Å². The van der Waals surface area contributed by atoms with Crippen molar-refractivity contribution in [1.29, 1.82) is 0 Å². The Balaban J connectivity index is 1.53. The first-order valence-electron chi connectivity index (χ1n) is 11.9. The molecule has 4 aromatic rings. The molecule has 1 saturated heterocycles. The lowest BCUT2D eigenvalue weighted by Crippen LogP contribution is -2.25. The van der Waals surface area contributed by atoms with Crippen LogP contribution in [-0.4, -0.2) is 18.1 Å². The summed E-state index contributed by atoms with van der Waals surface area (Å²) in [5.74, 6) is 2.63. The Bertz CT molecular complexity index is 1160. The van der Waals surface area contributed by atoms with E-state index in [-0.39, 0.29) is 6.10 Å². The fraction of sp³-hybridized carbons (Fsp3) is 0.161. The summed E-state index contributed by atoms with van der Waals surface area (Å²) in [7, 11) is -1.33. The van der Waals surface area contributed by atoms with Crippen LogP contribution in [0, 0.1) is 0 Å². The van der Waals surface area contributed by atoms with Crippen molar-refractivity contribution in [2.24, 2.45) is 0 Å². The lowest BCUT2D eigenvalue weighted by atomic mass is 10.3. The number of rotatable bonds is 7. The first-order chi connectivity index (χ1) is 17.1. The monoisotopic (exact) mass is 496 g/mol. The van der Waals surface area contributed by atoms with Gasteiger partial charge in [-0.05, 0) is 42.9 Å². The molecule has 2 nitrogen and oxygen atoms in total. The Morgan fingerprint density at radius 1 is 0.629 bits per heavy atom. The van der Waals surface area contributed by atoms with Crippen LogP contribution in [0.2, 0.25) is 0 Å². The summed E-state index contributed by atoms with van der Waals surface area (Å²) in [6.45, 7) is 4.03. The molecule has 1 atom stereocenters. The van der Waals surface area contributed by atoms with Gasteiger partial charge in [0, 0.05) is 20.0 Å². The van der Waals surface area contributed by atoms with Crippen LogP contribution in [0.3, 0.4) is 0 Å². The van der Waals surface area contributed by atoms with E-state index in [1.807, 2.05) is 13.8 Å². The zero-order valence-corrected chi connectivity index (χ0v) is 21.9. The second-order valence-corrected chi connectivity index (χ2v) is 13.2. The Morgan fingerprint density at radius 3 is 1.46 bits per heavy atom. The normalized spacial score (nSPS) is 18.2. The van der Waals surface area contributed by atoms with Crippen molar-refractivity contribution in [1.82, 2.24) is 0 Å². The molecule has 0 aromatic heterocycles. The van der Waals surface area contributed by atoms with E-state index in [1.165, 1.54) is 21.2 Å². The van der Waals surface area contributed by atoms with Crippen molar-refractivity contribution >= 4 is 37.1 Å².